The van der Waals surface area contributed by atoms with Crippen LogP contribution < -0.4 is 5.32 Å². The zero-order chi connectivity index (χ0) is 17.2. The average molecular weight is 332 g/mol. The number of hydrogen-bond donors (Lipinski definition) is 2. The van der Waals surface area contributed by atoms with E-state index in [4.69, 9.17) is 0 Å². The third kappa shape index (κ3) is 3.46. The van der Waals surface area contributed by atoms with Crippen LogP contribution in [0.25, 0.3) is 10.9 Å². The molecule has 0 bridgehead atoms. The molecule has 3 aromatic rings. The number of amides is 1. The van der Waals surface area contributed by atoms with Gasteiger partial charge in [-0.25, -0.2) is 0 Å². The molecule has 3 nitrogen and oxygen atoms in total. The van der Waals surface area contributed by atoms with Crippen molar-refractivity contribution in [2.24, 2.45) is 11.8 Å². The van der Waals surface area contributed by atoms with Gasteiger partial charge in [0.25, 0.3) is 0 Å². The van der Waals surface area contributed by atoms with Crippen LogP contribution in [0.15, 0.2) is 60.8 Å². The summed E-state index contributed by atoms with van der Waals surface area (Å²) in [6, 6.07) is 18.8. The number of para-hydroxylation sites is 1. The monoisotopic (exact) mass is 332 g/mol. The highest BCUT2D eigenvalue weighted by atomic mass is 16.1. The molecule has 1 saturated carbocycles. The summed E-state index contributed by atoms with van der Waals surface area (Å²) < 4.78 is 0. The Morgan fingerprint density at radius 1 is 1.12 bits per heavy atom. The highest BCUT2D eigenvalue weighted by molar-refractivity contribution is 5.85. The fourth-order valence-corrected chi connectivity index (χ4v) is 3.58. The summed E-state index contributed by atoms with van der Waals surface area (Å²) in [6.45, 7) is 2.02. The van der Waals surface area contributed by atoms with Gasteiger partial charge in [-0.2, -0.15) is 0 Å². The van der Waals surface area contributed by atoms with Gasteiger partial charge in [0, 0.05) is 23.0 Å². The summed E-state index contributed by atoms with van der Waals surface area (Å²) >= 11 is 0. The number of H-pyrrole nitrogens is 1. The lowest BCUT2D eigenvalue weighted by atomic mass is 9.97. The van der Waals surface area contributed by atoms with E-state index in [-0.39, 0.29) is 17.9 Å². The lowest BCUT2D eigenvalue weighted by Gasteiger charge is -2.21. The van der Waals surface area contributed by atoms with E-state index in [0.29, 0.717) is 5.92 Å². The molecule has 1 aromatic heterocycles. The molecule has 2 unspecified atom stereocenters. The molecule has 0 saturated heterocycles. The minimum Gasteiger partial charge on any atom is -0.361 e. The van der Waals surface area contributed by atoms with Gasteiger partial charge in [0.05, 0.1) is 6.04 Å². The Kier molecular flexibility index (Phi) is 4.31. The summed E-state index contributed by atoms with van der Waals surface area (Å²) in [4.78, 5) is 16.1. The summed E-state index contributed by atoms with van der Waals surface area (Å²) in [5.74, 6) is 0.682. The molecule has 2 atom stereocenters. The van der Waals surface area contributed by atoms with Gasteiger partial charge >= 0.3 is 0 Å². The Bertz CT molecular complexity index is 864. The smallest absolute Gasteiger partial charge is 0.223 e. The maximum absolute atomic E-state index is 12.8. The summed E-state index contributed by atoms with van der Waals surface area (Å²) in [5, 5.41) is 4.52. The van der Waals surface area contributed by atoms with E-state index in [2.05, 4.69) is 34.6 Å². The van der Waals surface area contributed by atoms with E-state index in [1.54, 1.807) is 0 Å². The quantitative estimate of drug-likeness (QED) is 0.680. The lowest BCUT2D eigenvalue weighted by molar-refractivity contribution is -0.125. The van der Waals surface area contributed by atoms with Crippen LogP contribution in [0.2, 0.25) is 0 Å². The van der Waals surface area contributed by atoms with Crippen molar-refractivity contribution >= 4 is 16.8 Å². The first-order valence-corrected chi connectivity index (χ1v) is 9.12. The van der Waals surface area contributed by atoms with Crippen LogP contribution in [0, 0.1) is 11.8 Å². The molecule has 0 spiro atoms. The molecule has 1 fully saturated rings. The molecular weight excluding hydrogens is 308 g/mol. The molecule has 0 radical (unpaired) electrons. The first-order chi connectivity index (χ1) is 12.2. The Hall–Kier alpha value is -2.55. The van der Waals surface area contributed by atoms with Crippen LogP contribution >= 0.6 is 0 Å². The summed E-state index contributed by atoms with van der Waals surface area (Å²) in [5.41, 5.74) is 3.56. The van der Waals surface area contributed by atoms with Crippen LogP contribution in [-0.4, -0.2) is 10.9 Å². The number of benzene rings is 2. The topological polar surface area (TPSA) is 44.9 Å². The molecule has 0 aliphatic heterocycles. The Labute approximate surface area is 148 Å². The van der Waals surface area contributed by atoms with Crippen molar-refractivity contribution in [2.75, 3.05) is 0 Å². The van der Waals surface area contributed by atoms with Crippen molar-refractivity contribution in [3.05, 3.63) is 71.9 Å². The molecule has 1 amide bonds. The number of aromatic nitrogens is 1. The third-order valence-corrected chi connectivity index (χ3v) is 5.20. The maximum atomic E-state index is 12.8. The highest BCUT2D eigenvalue weighted by Gasteiger charge is 2.34. The fourth-order valence-electron chi connectivity index (χ4n) is 3.58. The number of aromatic amines is 1. The van der Waals surface area contributed by atoms with Gasteiger partial charge in [0.2, 0.25) is 5.91 Å². The molecule has 1 aliphatic rings. The molecule has 3 heteroatoms. The SMILES string of the molecule is CC(Cc1c[nH]c2ccccc12)C(=O)NC(c1ccccc1)C1CC1. The fraction of sp³-hybridized carbons (Fsp3) is 0.318. The van der Waals surface area contributed by atoms with Gasteiger partial charge in [-0.15, -0.1) is 0 Å². The minimum atomic E-state index is -0.0517. The largest absolute Gasteiger partial charge is 0.361 e. The Morgan fingerprint density at radius 3 is 2.60 bits per heavy atom. The summed E-state index contributed by atoms with van der Waals surface area (Å²) in [6.07, 6.45) is 5.19. The van der Waals surface area contributed by atoms with E-state index >= 15 is 0 Å². The van der Waals surface area contributed by atoms with Gasteiger partial charge in [0.15, 0.2) is 0 Å². The van der Waals surface area contributed by atoms with Gasteiger partial charge < -0.3 is 10.3 Å². The van der Waals surface area contributed by atoms with Crippen molar-refractivity contribution < 1.29 is 4.79 Å². The lowest BCUT2D eigenvalue weighted by Crippen LogP contribution is -2.34. The maximum Gasteiger partial charge on any atom is 0.223 e. The predicted octanol–water partition coefficient (Wildman–Crippen LogP) is 4.61. The second-order valence-corrected chi connectivity index (χ2v) is 7.20. The normalized spacial score (nSPS) is 16.5. The zero-order valence-electron chi connectivity index (χ0n) is 14.5. The van der Waals surface area contributed by atoms with Gasteiger partial charge in [0.1, 0.15) is 0 Å². The van der Waals surface area contributed by atoms with E-state index in [1.165, 1.54) is 29.4 Å². The van der Waals surface area contributed by atoms with Gasteiger partial charge in [-0.05, 0) is 42.4 Å². The second kappa shape index (κ2) is 6.75. The van der Waals surface area contributed by atoms with E-state index in [0.717, 1.165) is 11.9 Å². The van der Waals surface area contributed by atoms with Crippen molar-refractivity contribution in [3.63, 3.8) is 0 Å². The number of carbonyl (C=O) groups excluding carboxylic acids is 1. The molecule has 128 valence electrons. The molecule has 1 aliphatic carbocycles. The van der Waals surface area contributed by atoms with Crippen molar-refractivity contribution in [3.8, 4) is 0 Å². The predicted molar refractivity (Wildman–Crippen MR) is 101 cm³/mol. The second-order valence-electron chi connectivity index (χ2n) is 7.20. The summed E-state index contributed by atoms with van der Waals surface area (Å²) in [7, 11) is 0. The molecule has 2 aromatic carbocycles. The molecular formula is C22H24N2O. The molecule has 1 heterocycles. The van der Waals surface area contributed by atoms with Crippen LogP contribution in [0.4, 0.5) is 0 Å². The van der Waals surface area contributed by atoms with Crippen molar-refractivity contribution in [1.82, 2.24) is 10.3 Å². The van der Waals surface area contributed by atoms with Gasteiger partial charge in [-0.3, -0.25) is 4.79 Å². The van der Waals surface area contributed by atoms with Crippen LogP contribution in [0.3, 0.4) is 0 Å². The number of hydrogen-bond acceptors (Lipinski definition) is 1. The zero-order valence-corrected chi connectivity index (χ0v) is 14.5. The van der Waals surface area contributed by atoms with Gasteiger partial charge in [-0.1, -0.05) is 55.5 Å². The van der Waals surface area contributed by atoms with Crippen molar-refractivity contribution in [2.45, 2.75) is 32.2 Å². The molecule has 2 N–H and O–H groups in total. The highest BCUT2D eigenvalue weighted by Crippen LogP contribution is 2.41. The van der Waals surface area contributed by atoms with E-state index in [1.807, 2.05) is 43.5 Å². The van der Waals surface area contributed by atoms with Crippen molar-refractivity contribution in [1.29, 1.82) is 0 Å². The van der Waals surface area contributed by atoms with Crippen LogP contribution in [0.1, 0.15) is 36.9 Å². The van der Waals surface area contributed by atoms with Crippen LogP contribution in [0.5, 0.6) is 0 Å². The molecule has 4 rings (SSSR count). The average Bonchev–Trinajstić information content (AvgIpc) is 3.42. The Balaban J connectivity index is 1.46. The molecule has 25 heavy (non-hydrogen) atoms. The Morgan fingerprint density at radius 2 is 1.84 bits per heavy atom. The third-order valence-electron chi connectivity index (χ3n) is 5.20. The number of nitrogens with one attached hydrogen (secondary N) is 2. The van der Waals surface area contributed by atoms with Crippen LogP contribution in [-0.2, 0) is 11.2 Å². The minimum absolute atomic E-state index is 0.0517. The first-order valence-electron chi connectivity index (χ1n) is 9.12. The number of fused-ring (bicyclic) bond motifs is 1. The van der Waals surface area contributed by atoms with E-state index < -0.39 is 0 Å². The number of carbonyl (C=O) groups is 1. The standard InChI is InChI=1S/C22H24N2O/c1-15(13-18-14-23-20-10-6-5-9-19(18)20)22(25)24-21(17-11-12-17)16-7-3-2-4-8-16/h2-10,14-15,17,21,23H,11-13H2,1H3,(H,24,25). The number of rotatable bonds is 6. The van der Waals surface area contributed by atoms with E-state index in [9.17, 15) is 4.79 Å². The first kappa shape index (κ1) is 15.9.